The first kappa shape index (κ1) is 11.1. The molecule has 4 nitrogen and oxygen atoms in total. The molecule has 0 saturated heterocycles. The van der Waals surface area contributed by atoms with E-state index in [1.54, 1.807) is 25.1 Å². The molecule has 4 heteroatoms. The largest absolute Gasteiger partial charge is 0.328 e. The third kappa shape index (κ3) is 2.42. The monoisotopic (exact) mass is 228 g/mol. The molecule has 0 aliphatic rings. The Labute approximate surface area is 98.3 Å². The van der Waals surface area contributed by atoms with Gasteiger partial charge in [0.15, 0.2) is 0 Å². The molecule has 0 aliphatic carbocycles. The second-order valence-electron chi connectivity index (χ2n) is 3.68. The minimum Gasteiger partial charge on any atom is -0.328 e. The van der Waals surface area contributed by atoms with Crippen molar-refractivity contribution in [3.05, 3.63) is 64.1 Å². The van der Waals surface area contributed by atoms with Crippen molar-refractivity contribution in [3.8, 4) is 0 Å². The maximum atomic E-state index is 11.9. The molecule has 2 rings (SSSR count). The van der Waals surface area contributed by atoms with Gasteiger partial charge in [0.2, 0.25) is 0 Å². The van der Waals surface area contributed by atoms with E-state index in [1.807, 2.05) is 18.2 Å². The Hall–Kier alpha value is -2.36. The maximum absolute atomic E-state index is 11.9. The van der Waals surface area contributed by atoms with Crippen LogP contribution in [0, 0.1) is 6.92 Å². The summed E-state index contributed by atoms with van der Waals surface area (Å²) >= 11 is 0. The van der Waals surface area contributed by atoms with Crippen molar-refractivity contribution in [1.82, 2.24) is 4.98 Å². The van der Waals surface area contributed by atoms with Crippen LogP contribution in [0.15, 0.2) is 47.4 Å². The molecule has 0 fully saturated rings. The number of pyridine rings is 1. The lowest BCUT2D eigenvalue weighted by Crippen LogP contribution is -2.24. The van der Waals surface area contributed by atoms with Crippen LogP contribution in [0.2, 0.25) is 0 Å². The molecule has 2 aromatic rings. The number of aryl methyl sites for hydroxylation is 1. The van der Waals surface area contributed by atoms with Crippen LogP contribution in [-0.4, -0.2) is 10.9 Å². The van der Waals surface area contributed by atoms with E-state index in [1.165, 1.54) is 6.20 Å². The number of carbonyl (C=O) groups is 1. The summed E-state index contributed by atoms with van der Waals surface area (Å²) in [5.41, 5.74) is 1.09. The van der Waals surface area contributed by atoms with Crippen molar-refractivity contribution in [2.24, 2.45) is 0 Å². The number of benzene rings is 1. The van der Waals surface area contributed by atoms with Crippen molar-refractivity contribution in [1.29, 1.82) is 0 Å². The van der Waals surface area contributed by atoms with E-state index in [4.69, 9.17) is 0 Å². The van der Waals surface area contributed by atoms with E-state index in [9.17, 15) is 9.59 Å². The Morgan fingerprint density at radius 2 is 1.88 bits per heavy atom. The van der Waals surface area contributed by atoms with Gasteiger partial charge >= 0.3 is 0 Å². The quantitative estimate of drug-likeness (QED) is 0.825. The second kappa shape index (κ2) is 4.65. The highest BCUT2D eigenvalue weighted by molar-refractivity contribution is 6.04. The highest BCUT2D eigenvalue weighted by Crippen LogP contribution is 2.08. The molecule has 86 valence electrons. The van der Waals surface area contributed by atoms with Gasteiger partial charge in [0.05, 0.1) is 0 Å². The standard InChI is InChI=1S/C13H12N2O2/c1-9-7-8-14-12(16)11(9)13(17)15-10-5-3-2-4-6-10/h2-8H,1H3,(H,14,16)(H,15,17). The van der Waals surface area contributed by atoms with E-state index in [2.05, 4.69) is 10.3 Å². The fourth-order valence-corrected chi connectivity index (χ4v) is 1.57. The zero-order valence-corrected chi connectivity index (χ0v) is 9.36. The number of carbonyl (C=O) groups excluding carboxylic acids is 1. The van der Waals surface area contributed by atoms with Crippen LogP contribution in [0.3, 0.4) is 0 Å². The summed E-state index contributed by atoms with van der Waals surface area (Å²) in [6.45, 7) is 1.73. The number of amides is 1. The zero-order valence-electron chi connectivity index (χ0n) is 9.36. The van der Waals surface area contributed by atoms with Gasteiger partial charge < -0.3 is 10.3 Å². The summed E-state index contributed by atoms with van der Waals surface area (Å²) in [5.74, 6) is -0.393. The van der Waals surface area contributed by atoms with E-state index in [0.29, 0.717) is 11.3 Å². The van der Waals surface area contributed by atoms with E-state index in [0.717, 1.165) is 0 Å². The van der Waals surface area contributed by atoms with Crippen LogP contribution in [0.1, 0.15) is 15.9 Å². The molecule has 0 bridgehead atoms. The molecule has 1 amide bonds. The Morgan fingerprint density at radius 3 is 2.53 bits per heavy atom. The number of hydrogen-bond donors (Lipinski definition) is 2. The smallest absolute Gasteiger partial charge is 0.261 e. The fourth-order valence-electron chi connectivity index (χ4n) is 1.57. The predicted octanol–water partition coefficient (Wildman–Crippen LogP) is 1.94. The summed E-state index contributed by atoms with van der Waals surface area (Å²) in [4.78, 5) is 26.0. The first-order valence-corrected chi connectivity index (χ1v) is 5.23. The van der Waals surface area contributed by atoms with Gasteiger partial charge in [-0.05, 0) is 30.7 Å². The number of anilines is 1. The molecule has 0 radical (unpaired) electrons. The highest BCUT2D eigenvalue weighted by Gasteiger charge is 2.12. The van der Waals surface area contributed by atoms with Crippen molar-refractivity contribution in [2.75, 3.05) is 5.32 Å². The molecule has 0 atom stereocenters. The lowest BCUT2D eigenvalue weighted by molar-refractivity contribution is 0.102. The number of rotatable bonds is 2. The van der Waals surface area contributed by atoms with Gasteiger partial charge in [-0.25, -0.2) is 0 Å². The first-order chi connectivity index (χ1) is 8.18. The Morgan fingerprint density at radius 1 is 1.18 bits per heavy atom. The minimum absolute atomic E-state index is 0.149. The fraction of sp³-hybridized carbons (Fsp3) is 0.0769. The summed E-state index contributed by atoms with van der Waals surface area (Å²) in [7, 11) is 0. The SMILES string of the molecule is Cc1cc[nH]c(=O)c1C(=O)Nc1ccccc1. The van der Waals surface area contributed by atoms with Gasteiger partial charge in [0.25, 0.3) is 11.5 Å². The molecule has 0 saturated carbocycles. The Kier molecular flexibility index (Phi) is 3.05. The molecule has 2 N–H and O–H groups in total. The molecule has 0 spiro atoms. The third-order valence-electron chi connectivity index (χ3n) is 2.43. The number of nitrogens with one attached hydrogen (secondary N) is 2. The third-order valence-corrected chi connectivity index (χ3v) is 2.43. The molecule has 1 aromatic carbocycles. The molecule has 0 unspecified atom stereocenters. The Bertz CT molecular complexity index is 588. The topological polar surface area (TPSA) is 62.0 Å². The number of aromatic amines is 1. The van der Waals surface area contributed by atoms with Gasteiger partial charge in [0.1, 0.15) is 5.56 Å². The second-order valence-corrected chi connectivity index (χ2v) is 3.68. The van der Waals surface area contributed by atoms with Crippen molar-refractivity contribution in [2.45, 2.75) is 6.92 Å². The van der Waals surface area contributed by atoms with E-state index >= 15 is 0 Å². The van der Waals surface area contributed by atoms with Gasteiger partial charge in [-0.1, -0.05) is 18.2 Å². The predicted molar refractivity (Wildman–Crippen MR) is 66.2 cm³/mol. The van der Waals surface area contributed by atoms with Crippen LogP contribution in [0.4, 0.5) is 5.69 Å². The van der Waals surface area contributed by atoms with Crippen LogP contribution < -0.4 is 10.9 Å². The van der Waals surface area contributed by atoms with E-state index < -0.39 is 5.91 Å². The summed E-state index contributed by atoms with van der Waals surface area (Å²) in [6.07, 6.45) is 1.52. The molecule has 17 heavy (non-hydrogen) atoms. The first-order valence-electron chi connectivity index (χ1n) is 5.23. The number of H-pyrrole nitrogens is 1. The van der Waals surface area contributed by atoms with Crippen molar-refractivity contribution in [3.63, 3.8) is 0 Å². The van der Waals surface area contributed by atoms with Crippen LogP contribution in [-0.2, 0) is 0 Å². The Balaban J connectivity index is 2.30. The molecule has 0 aliphatic heterocycles. The van der Waals surface area contributed by atoms with Crippen LogP contribution in [0.5, 0.6) is 0 Å². The molecule has 1 aromatic heterocycles. The lowest BCUT2D eigenvalue weighted by atomic mass is 10.1. The van der Waals surface area contributed by atoms with Crippen LogP contribution >= 0.6 is 0 Å². The van der Waals surface area contributed by atoms with Gasteiger partial charge in [-0.2, -0.15) is 0 Å². The van der Waals surface area contributed by atoms with Crippen LogP contribution in [0.25, 0.3) is 0 Å². The highest BCUT2D eigenvalue weighted by atomic mass is 16.2. The van der Waals surface area contributed by atoms with Crippen molar-refractivity contribution < 1.29 is 4.79 Å². The maximum Gasteiger partial charge on any atom is 0.261 e. The van der Waals surface area contributed by atoms with Gasteiger partial charge in [-0.3, -0.25) is 9.59 Å². The summed E-state index contributed by atoms with van der Waals surface area (Å²) < 4.78 is 0. The van der Waals surface area contributed by atoms with Gasteiger partial charge in [0, 0.05) is 11.9 Å². The minimum atomic E-state index is -0.393. The normalized spacial score (nSPS) is 9.94. The number of para-hydroxylation sites is 1. The summed E-state index contributed by atoms with van der Waals surface area (Å²) in [5, 5.41) is 2.68. The molecule has 1 heterocycles. The average molecular weight is 228 g/mol. The number of hydrogen-bond acceptors (Lipinski definition) is 2. The van der Waals surface area contributed by atoms with E-state index in [-0.39, 0.29) is 11.1 Å². The lowest BCUT2D eigenvalue weighted by Gasteiger charge is -2.06. The van der Waals surface area contributed by atoms with Gasteiger partial charge in [-0.15, -0.1) is 0 Å². The summed E-state index contributed by atoms with van der Waals surface area (Å²) in [6, 6.07) is 10.7. The molecular formula is C13H12N2O2. The zero-order chi connectivity index (χ0) is 12.3. The average Bonchev–Trinajstić information content (AvgIpc) is 2.30. The molecular weight excluding hydrogens is 216 g/mol. The number of aromatic nitrogens is 1. The van der Waals surface area contributed by atoms with Crippen molar-refractivity contribution >= 4 is 11.6 Å².